The van der Waals surface area contributed by atoms with Gasteiger partial charge in [-0.1, -0.05) is 6.07 Å². The Hall–Kier alpha value is -4.03. The van der Waals surface area contributed by atoms with Crippen LogP contribution in [-0.2, 0) is 27.2 Å². The number of nitrogens with one attached hydrogen (secondary N) is 2. The Balaban J connectivity index is 1.38. The van der Waals surface area contributed by atoms with E-state index < -0.39 is 23.8 Å². The van der Waals surface area contributed by atoms with Crippen LogP contribution in [0.4, 0.5) is 5.00 Å². The molecule has 0 fully saturated rings. The van der Waals surface area contributed by atoms with Crippen LogP contribution in [0.2, 0.25) is 0 Å². The number of thiophene rings is 2. The molecule has 0 bridgehead atoms. The standard InChI is InChI=1S/C25H23N3O7S2/c1-3-34-25(32)20-15-6-4-7-18(15)37-23(20)27-21(29)22(30)28-26-13-14-9-10-16(17(12-14)33-2)35-24(31)19-8-5-11-36-19/h5,8-13H,3-4,6-7H2,1-2H3,(H,27,29)(H,28,30). The van der Waals surface area contributed by atoms with Crippen LogP contribution in [0.25, 0.3) is 0 Å². The van der Waals surface area contributed by atoms with Crippen molar-refractivity contribution < 1.29 is 33.4 Å². The number of carbonyl (C=O) groups excluding carboxylic acids is 4. The summed E-state index contributed by atoms with van der Waals surface area (Å²) in [6.45, 7) is 1.91. The molecule has 0 saturated carbocycles. The van der Waals surface area contributed by atoms with E-state index in [1.54, 1.807) is 36.6 Å². The van der Waals surface area contributed by atoms with E-state index in [1.165, 1.54) is 42.1 Å². The molecule has 2 N–H and O–H groups in total. The van der Waals surface area contributed by atoms with Gasteiger partial charge in [0.1, 0.15) is 9.88 Å². The maximum atomic E-state index is 12.4. The average Bonchev–Trinajstić information content (AvgIpc) is 3.63. The molecule has 37 heavy (non-hydrogen) atoms. The largest absolute Gasteiger partial charge is 0.493 e. The van der Waals surface area contributed by atoms with Gasteiger partial charge in [0.25, 0.3) is 0 Å². The first kappa shape index (κ1) is 26.0. The number of methoxy groups -OCH3 is 1. The number of hydrogen-bond donors (Lipinski definition) is 2. The van der Waals surface area contributed by atoms with Crippen molar-refractivity contribution in [2.45, 2.75) is 26.2 Å². The van der Waals surface area contributed by atoms with Crippen LogP contribution in [0.1, 0.15) is 49.4 Å². The first-order chi connectivity index (χ1) is 17.9. The maximum absolute atomic E-state index is 12.4. The summed E-state index contributed by atoms with van der Waals surface area (Å²) in [6.07, 6.45) is 3.78. The molecule has 12 heteroatoms. The van der Waals surface area contributed by atoms with Crippen molar-refractivity contribution in [1.29, 1.82) is 0 Å². The minimum absolute atomic E-state index is 0.203. The number of nitrogens with zero attached hydrogens (tertiary/aromatic N) is 1. The lowest BCUT2D eigenvalue weighted by molar-refractivity contribution is -0.136. The fourth-order valence-electron chi connectivity index (χ4n) is 3.68. The van der Waals surface area contributed by atoms with E-state index in [1.807, 2.05) is 0 Å². The molecule has 1 aliphatic carbocycles. The minimum Gasteiger partial charge on any atom is -0.493 e. The molecule has 0 aliphatic heterocycles. The lowest BCUT2D eigenvalue weighted by atomic mass is 10.1. The van der Waals surface area contributed by atoms with Gasteiger partial charge < -0.3 is 19.5 Å². The molecule has 2 amide bonds. The smallest absolute Gasteiger partial charge is 0.353 e. The first-order valence-corrected chi connectivity index (χ1v) is 13.0. The second kappa shape index (κ2) is 11.8. The van der Waals surface area contributed by atoms with E-state index in [0.29, 0.717) is 21.0 Å². The Kier molecular flexibility index (Phi) is 8.31. The highest BCUT2D eigenvalue weighted by Crippen LogP contribution is 2.39. The number of aryl methyl sites for hydroxylation is 1. The SMILES string of the molecule is CCOC(=O)c1c(NC(=O)C(=O)NN=Cc2ccc(OC(=O)c3cccs3)c(OC)c2)sc2c1CCC2. The van der Waals surface area contributed by atoms with Crippen molar-refractivity contribution in [2.24, 2.45) is 5.10 Å². The maximum Gasteiger partial charge on any atom is 0.353 e. The van der Waals surface area contributed by atoms with Crippen LogP contribution < -0.4 is 20.2 Å². The van der Waals surface area contributed by atoms with Crippen LogP contribution >= 0.6 is 22.7 Å². The van der Waals surface area contributed by atoms with E-state index in [0.717, 1.165) is 29.7 Å². The zero-order chi connectivity index (χ0) is 26.4. The van der Waals surface area contributed by atoms with Crippen molar-refractivity contribution in [3.8, 4) is 11.5 Å². The van der Waals surface area contributed by atoms with Gasteiger partial charge in [0.05, 0.1) is 25.5 Å². The van der Waals surface area contributed by atoms with Crippen molar-refractivity contribution in [3.05, 3.63) is 62.2 Å². The van der Waals surface area contributed by atoms with Crippen molar-refractivity contribution >= 4 is 57.6 Å². The highest BCUT2D eigenvalue weighted by molar-refractivity contribution is 7.17. The quantitative estimate of drug-likeness (QED) is 0.146. The van der Waals surface area contributed by atoms with E-state index >= 15 is 0 Å². The molecule has 3 aromatic rings. The average molecular weight is 542 g/mol. The molecule has 2 heterocycles. The van der Waals surface area contributed by atoms with Crippen LogP contribution in [0.5, 0.6) is 11.5 Å². The van der Waals surface area contributed by atoms with Gasteiger partial charge in [-0.25, -0.2) is 15.0 Å². The molecule has 1 aliphatic rings. The summed E-state index contributed by atoms with van der Waals surface area (Å²) in [7, 11) is 1.43. The molecule has 0 saturated heterocycles. The summed E-state index contributed by atoms with van der Waals surface area (Å²) in [5.74, 6) is -2.48. The lowest BCUT2D eigenvalue weighted by Gasteiger charge is -2.09. The Bertz CT molecular complexity index is 1360. The molecule has 10 nitrogen and oxygen atoms in total. The summed E-state index contributed by atoms with van der Waals surface area (Å²) in [6, 6.07) is 8.10. The summed E-state index contributed by atoms with van der Waals surface area (Å²) >= 11 is 2.54. The number of fused-ring (bicyclic) bond motifs is 1. The van der Waals surface area contributed by atoms with Gasteiger partial charge in [-0.15, -0.1) is 22.7 Å². The Labute approximate surface area is 220 Å². The highest BCUT2D eigenvalue weighted by Gasteiger charge is 2.29. The van der Waals surface area contributed by atoms with E-state index in [4.69, 9.17) is 14.2 Å². The molecule has 192 valence electrons. The number of rotatable bonds is 8. The molecule has 1 aromatic carbocycles. The van der Waals surface area contributed by atoms with Gasteiger partial charge in [-0.3, -0.25) is 9.59 Å². The van der Waals surface area contributed by atoms with Crippen molar-refractivity contribution in [2.75, 3.05) is 19.0 Å². The second-order valence-electron chi connectivity index (χ2n) is 7.71. The Morgan fingerprint density at radius 3 is 2.65 bits per heavy atom. The lowest BCUT2D eigenvalue weighted by Crippen LogP contribution is -2.32. The number of esters is 2. The predicted octanol–water partition coefficient (Wildman–Crippen LogP) is 3.79. The van der Waals surface area contributed by atoms with Gasteiger partial charge in [-0.2, -0.15) is 5.10 Å². The fourth-order valence-corrected chi connectivity index (χ4v) is 5.55. The van der Waals surface area contributed by atoms with Crippen molar-refractivity contribution in [3.63, 3.8) is 0 Å². The van der Waals surface area contributed by atoms with Gasteiger partial charge >= 0.3 is 23.8 Å². The van der Waals surface area contributed by atoms with E-state index in [-0.39, 0.29) is 18.1 Å². The number of anilines is 1. The Morgan fingerprint density at radius 2 is 1.92 bits per heavy atom. The van der Waals surface area contributed by atoms with Crippen LogP contribution in [0.15, 0.2) is 40.8 Å². The molecular formula is C25H23N3O7S2. The number of hydrogen-bond acceptors (Lipinski definition) is 10. The third kappa shape index (κ3) is 6.04. The Morgan fingerprint density at radius 1 is 1.08 bits per heavy atom. The molecular weight excluding hydrogens is 518 g/mol. The number of benzene rings is 1. The van der Waals surface area contributed by atoms with Crippen molar-refractivity contribution in [1.82, 2.24) is 5.43 Å². The van der Waals surface area contributed by atoms with E-state index in [9.17, 15) is 19.2 Å². The van der Waals surface area contributed by atoms with Crippen LogP contribution in [0.3, 0.4) is 0 Å². The predicted molar refractivity (Wildman–Crippen MR) is 139 cm³/mol. The zero-order valence-electron chi connectivity index (χ0n) is 20.0. The molecule has 0 unspecified atom stereocenters. The molecule has 0 radical (unpaired) electrons. The minimum atomic E-state index is -1.01. The number of hydrazone groups is 1. The molecule has 0 atom stereocenters. The second-order valence-corrected chi connectivity index (χ2v) is 9.77. The molecule has 0 spiro atoms. The summed E-state index contributed by atoms with van der Waals surface area (Å²) in [5.41, 5.74) is 3.87. The molecule has 4 rings (SSSR count). The van der Waals surface area contributed by atoms with Gasteiger partial charge in [0, 0.05) is 4.88 Å². The highest BCUT2D eigenvalue weighted by atomic mass is 32.1. The third-order valence-corrected chi connectivity index (χ3v) is 7.38. The van der Waals surface area contributed by atoms with Gasteiger partial charge in [0.2, 0.25) is 0 Å². The van der Waals surface area contributed by atoms with Crippen LogP contribution in [-0.4, -0.2) is 43.7 Å². The normalized spacial score (nSPS) is 12.2. The zero-order valence-corrected chi connectivity index (χ0v) is 21.6. The monoisotopic (exact) mass is 541 g/mol. The van der Waals surface area contributed by atoms with Gasteiger partial charge in [0.15, 0.2) is 11.5 Å². The topological polar surface area (TPSA) is 132 Å². The van der Waals surface area contributed by atoms with E-state index in [2.05, 4.69) is 15.8 Å². The summed E-state index contributed by atoms with van der Waals surface area (Å²) in [5, 5.41) is 8.39. The molecule has 2 aromatic heterocycles. The van der Waals surface area contributed by atoms with Gasteiger partial charge in [-0.05, 0) is 67.0 Å². The summed E-state index contributed by atoms with van der Waals surface area (Å²) in [4.78, 5) is 50.8. The summed E-state index contributed by atoms with van der Waals surface area (Å²) < 4.78 is 15.8. The number of carbonyl (C=O) groups is 4. The number of amides is 2. The van der Waals surface area contributed by atoms with Crippen LogP contribution in [0, 0.1) is 0 Å². The third-order valence-electron chi connectivity index (χ3n) is 5.33. The first-order valence-electron chi connectivity index (χ1n) is 11.3. The number of ether oxygens (including phenoxy) is 3. The fraction of sp³-hybridized carbons (Fsp3) is 0.240.